The summed E-state index contributed by atoms with van der Waals surface area (Å²) in [5, 5.41) is 3.26. The average molecular weight is 590 g/mol. The SMILES string of the molecule is CC(C)(C)OC(=O)Nc1cc(CN2CCC(C(=O)N3CCC(Sc4ccccc4Br)CC3)CC2)ccn1. The van der Waals surface area contributed by atoms with E-state index in [4.69, 9.17) is 4.74 Å². The Morgan fingerprint density at radius 3 is 2.46 bits per heavy atom. The normalized spacial score (nSPS) is 18.0. The number of likely N-dealkylation sites (tertiary alicyclic amines) is 2. The van der Waals surface area contributed by atoms with Crippen molar-refractivity contribution in [3.05, 3.63) is 52.6 Å². The summed E-state index contributed by atoms with van der Waals surface area (Å²) in [6.07, 6.45) is 5.05. The number of aromatic nitrogens is 1. The minimum absolute atomic E-state index is 0.116. The summed E-state index contributed by atoms with van der Waals surface area (Å²) in [5.74, 6) is 0.931. The highest BCUT2D eigenvalue weighted by Gasteiger charge is 2.31. The van der Waals surface area contributed by atoms with Gasteiger partial charge in [0, 0.05) is 46.4 Å². The molecule has 1 aromatic carbocycles. The highest BCUT2D eigenvalue weighted by molar-refractivity contribution is 9.10. The molecule has 4 rings (SSSR count). The van der Waals surface area contributed by atoms with Crippen molar-refractivity contribution >= 4 is 45.5 Å². The van der Waals surface area contributed by atoms with Crippen LogP contribution in [0.3, 0.4) is 0 Å². The molecule has 3 heterocycles. The second-order valence-electron chi connectivity index (χ2n) is 10.8. The zero-order valence-electron chi connectivity index (χ0n) is 21.9. The van der Waals surface area contributed by atoms with Crippen molar-refractivity contribution in [2.45, 2.75) is 68.7 Å². The number of halogens is 1. The first-order chi connectivity index (χ1) is 17.7. The van der Waals surface area contributed by atoms with Crippen LogP contribution in [0.25, 0.3) is 0 Å². The molecule has 1 N–H and O–H groups in total. The van der Waals surface area contributed by atoms with Gasteiger partial charge in [-0.2, -0.15) is 0 Å². The Bertz CT molecular complexity index is 1080. The first kappa shape index (κ1) is 27.9. The van der Waals surface area contributed by atoms with Gasteiger partial charge < -0.3 is 9.64 Å². The van der Waals surface area contributed by atoms with Gasteiger partial charge in [0.05, 0.1) is 0 Å². The van der Waals surface area contributed by atoms with Crippen molar-refractivity contribution < 1.29 is 14.3 Å². The molecule has 0 radical (unpaired) electrons. The molecule has 2 aliphatic rings. The van der Waals surface area contributed by atoms with Crippen molar-refractivity contribution in [1.29, 1.82) is 0 Å². The van der Waals surface area contributed by atoms with Gasteiger partial charge in [-0.05, 0) is 105 Å². The standard InChI is InChI=1S/C28H37BrN4O3S/c1-28(2,3)36-27(35)31-25-18-20(8-13-30-25)19-32-14-9-21(10-15-32)26(34)33-16-11-22(12-17-33)37-24-7-5-4-6-23(24)29/h4-8,13,18,21-22H,9-12,14-17,19H2,1-3H3,(H,30,31,35). The van der Waals surface area contributed by atoms with E-state index in [1.807, 2.05) is 50.7 Å². The predicted octanol–water partition coefficient (Wildman–Crippen LogP) is 6.19. The molecule has 0 saturated carbocycles. The van der Waals surface area contributed by atoms with E-state index in [2.05, 4.69) is 54.2 Å². The number of amides is 2. The topological polar surface area (TPSA) is 74.8 Å². The first-order valence-corrected chi connectivity index (χ1v) is 14.7. The Morgan fingerprint density at radius 2 is 1.78 bits per heavy atom. The van der Waals surface area contributed by atoms with Gasteiger partial charge >= 0.3 is 6.09 Å². The Hall–Kier alpha value is -2.10. The molecule has 9 heteroatoms. The minimum atomic E-state index is -0.558. The Balaban J connectivity index is 1.20. The molecule has 2 aromatic rings. The van der Waals surface area contributed by atoms with E-state index in [-0.39, 0.29) is 5.92 Å². The van der Waals surface area contributed by atoms with E-state index in [1.54, 1.807) is 6.20 Å². The van der Waals surface area contributed by atoms with Crippen LogP contribution >= 0.6 is 27.7 Å². The number of nitrogens with one attached hydrogen (secondary N) is 1. The Morgan fingerprint density at radius 1 is 1.08 bits per heavy atom. The van der Waals surface area contributed by atoms with E-state index < -0.39 is 11.7 Å². The molecule has 2 amide bonds. The molecular formula is C28H37BrN4O3S. The number of nitrogens with zero attached hydrogens (tertiary/aromatic N) is 3. The van der Waals surface area contributed by atoms with Crippen molar-refractivity contribution in [3.63, 3.8) is 0 Å². The van der Waals surface area contributed by atoms with Gasteiger partial charge in [0.25, 0.3) is 0 Å². The number of hydrogen-bond acceptors (Lipinski definition) is 6. The molecular weight excluding hydrogens is 552 g/mol. The van der Waals surface area contributed by atoms with E-state index >= 15 is 0 Å². The summed E-state index contributed by atoms with van der Waals surface area (Å²) in [4.78, 5) is 35.2. The smallest absolute Gasteiger partial charge is 0.413 e. The lowest BCUT2D eigenvalue weighted by Gasteiger charge is -2.37. The lowest BCUT2D eigenvalue weighted by molar-refractivity contribution is -0.138. The predicted molar refractivity (Wildman–Crippen MR) is 152 cm³/mol. The van der Waals surface area contributed by atoms with Crippen LogP contribution in [0, 0.1) is 5.92 Å². The molecule has 2 fully saturated rings. The number of hydrogen-bond donors (Lipinski definition) is 1. The van der Waals surface area contributed by atoms with Crippen molar-refractivity contribution in [3.8, 4) is 0 Å². The van der Waals surface area contributed by atoms with Crippen LogP contribution in [0.2, 0.25) is 0 Å². The van der Waals surface area contributed by atoms with Gasteiger partial charge in [-0.15, -0.1) is 11.8 Å². The van der Waals surface area contributed by atoms with Crippen LogP contribution in [-0.4, -0.2) is 63.8 Å². The van der Waals surface area contributed by atoms with Gasteiger partial charge in [-0.25, -0.2) is 9.78 Å². The third-order valence-corrected chi connectivity index (χ3v) is 9.05. The number of anilines is 1. The highest BCUT2D eigenvalue weighted by atomic mass is 79.9. The summed E-state index contributed by atoms with van der Waals surface area (Å²) in [6, 6.07) is 12.2. The largest absolute Gasteiger partial charge is 0.444 e. The summed E-state index contributed by atoms with van der Waals surface area (Å²) in [6.45, 7) is 9.75. The number of benzene rings is 1. The minimum Gasteiger partial charge on any atom is -0.444 e. The fourth-order valence-electron chi connectivity index (χ4n) is 4.82. The number of thioether (sulfide) groups is 1. The molecule has 37 heavy (non-hydrogen) atoms. The van der Waals surface area contributed by atoms with Crippen LogP contribution in [0.15, 0.2) is 52.0 Å². The number of rotatable bonds is 6. The molecule has 7 nitrogen and oxygen atoms in total. The quantitative estimate of drug-likeness (QED) is 0.434. The molecule has 0 bridgehead atoms. The van der Waals surface area contributed by atoms with Crippen LogP contribution in [0.1, 0.15) is 52.0 Å². The number of carbonyl (C=O) groups excluding carboxylic acids is 2. The summed E-state index contributed by atoms with van der Waals surface area (Å²) < 4.78 is 6.46. The van der Waals surface area contributed by atoms with E-state index in [1.165, 1.54) is 4.90 Å². The number of pyridine rings is 1. The van der Waals surface area contributed by atoms with Gasteiger partial charge in [0.1, 0.15) is 11.4 Å². The summed E-state index contributed by atoms with van der Waals surface area (Å²) in [7, 11) is 0. The maximum atomic E-state index is 13.2. The lowest BCUT2D eigenvalue weighted by Crippen LogP contribution is -2.45. The molecule has 0 spiro atoms. The Labute approximate surface area is 232 Å². The summed E-state index contributed by atoms with van der Waals surface area (Å²) in [5.41, 5.74) is 0.522. The van der Waals surface area contributed by atoms with Crippen LogP contribution in [0.5, 0.6) is 0 Å². The maximum Gasteiger partial charge on any atom is 0.413 e. The first-order valence-electron chi connectivity index (χ1n) is 13.0. The van der Waals surface area contributed by atoms with Crippen LogP contribution < -0.4 is 5.32 Å². The van der Waals surface area contributed by atoms with Crippen molar-refractivity contribution in [2.75, 3.05) is 31.5 Å². The summed E-state index contributed by atoms with van der Waals surface area (Å²) >= 11 is 5.57. The number of piperidine rings is 2. The molecule has 200 valence electrons. The highest BCUT2D eigenvalue weighted by Crippen LogP contribution is 2.35. The van der Waals surface area contributed by atoms with E-state index in [0.29, 0.717) is 17.0 Å². The van der Waals surface area contributed by atoms with Crippen LogP contribution in [-0.2, 0) is 16.1 Å². The lowest BCUT2D eigenvalue weighted by atomic mass is 9.94. The fourth-order valence-corrected chi connectivity index (χ4v) is 6.53. The molecule has 0 unspecified atom stereocenters. The molecule has 0 aliphatic carbocycles. The Kier molecular flexibility index (Phi) is 9.53. The molecule has 2 aliphatic heterocycles. The second kappa shape index (κ2) is 12.6. The van der Waals surface area contributed by atoms with Crippen molar-refractivity contribution in [2.24, 2.45) is 5.92 Å². The van der Waals surface area contributed by atoms with Gasteiger partial charge in [-0.3, -0.25) is 15.0 Å². The van der Waals surface area contributed by atoms with Crippen molar-refractivity contribution in [1.82, 2.24) is 14.8 Å². The molecule has 2 saturated heterocycles. The molecule has 1 aromatic heterocycles. The second-order valence-corrected chi connectivity index (χ2v) is 13.0. The maximum absolute atomic E-state index is 13.2. The fraction of sp³-hybridized carbons (Fsp3) is 0.536. The monoisotopic (exact) mass is 588 g/mol. The van der Waals surface area contributed by atoms with E-state index in [0.717, 1.165) is 68.4 Å². The average Bonchev–Trinajstić information content (AvgIpc) is 2.85. The zero-order chi connectivity index (χ0) is 26.4. The van der Waals surface area contributed by atoms with E-state index in [9.17, 15) is 9.59 Å². The zero-order valence-corrected chi connectivity index (χ0v) is 24.3. The van der Waals surface area contributed by atoms with Gasteiger partial charge in [0.2, 0.25) is 5.91 Å². The number of ether oxygens (including phenoxy) is 1. The van der Waals surface area contributed by atoms with Crippen LogP contribution in [0.4, 0.5) is 10.6 Å². The third-order valence-electron chi connectivity index (χ3n) is 6.68. The molecule has 0 atom stereocenters. The number of carbonyl (C=O) groups is 2. The third kappa shape index (κ3) is 8.45. The van der Waals surface area contributed by atoms with Gasteiger partial charge in [0.15, 0.2) is 0 Å². The van der Waals surface area contributed by atoms with Gasteiger partial charge in [-0.1, -0.05) is 12.1 Å².